The van der Waals surface area contributed by atoms with E-state index in [2.05, 4.69) is 4.98 Å². The summed E-state index contributed by atoms with van der Waals surface area (Å²) in [4.78, 5) is 4.59. The second kappa shape index (κ2) is 4.28. The molecular formula is C15H14ClN3. The zero-order chi connectivity index (χ0) is 13.6. The monoisotopic (exact) mass is 271 g/mol. The Morgan fingerprint density at radius 1 is 1.16 bits per heavy atom. The Kier molecular flexibility index (Phi) is 2.72. The second-order valence-corrected chi connectivity index (χ2v) is 5.20. The van der Waals surface area contributed by atoms with Gasteiger partial charge >= 0.3 is 0 Å². The van der Waals surface area contributed by atoms with E-state index in [1.54, 1.807) is 0 Å². The molecule has 0 spiro atoms. The first-order chi connectivity index (χ1) is 9.04. The Morgan fingerprint density at radius 3 is 2.68 bits per heavy atom. The fourth-order valence-electron chi connectivity index (χ4n) is 2.22. The van der Waals surface area contributed by atoms with Crippen LogP contribution < -0.4 is 5.73 Å². The van der Waals surface area contributed by atoms with E-state index < -0.39 is 0 Å². The van der Waals surface area contributed by atoms with E-state index in [1.807, 2.05) is 54.9 Å². The number of fused-ring (bicyclic) bond motifs is 1. The van der Waals surface area contributed by atoms with E-state index in [4.69, 9.17) is 17.3 Å². The molecule has 0 saturated heterocycles. The number of benzene rings is 1. The quantitative estimate of drug-likeness (QED) is 0.730. The van der Waals surface area contributed by atoms with Crippen LogP contribution in [0, 0.1) is 13.8 Å². The molecule has 0 amide bonds. The smallest absolute Gasteiger partial charge is 0.160 e. The van der Waals surface area contributed by atoms with E-state index in [9.17, 15) is 0 Å². The zero-order valence-corrected chi connectivity index (χ0v) is 11.6. The fraction of sp³-hybridized carbons (Fsp3) is 0.133. The molecule has 2 N–H and O–H groups in total. The van der Waals surface area contributed by atoms with Crippen LogP contribution in [0.25, 0.3) is 16.9 Å². The summed E-state index contributed by atoms with van der Waals surface area (Å²) in [5.74, 6) is 0. The van der Waals surface area contributed by atoms with Gasteiger partial charge in [-0.05, 0) is 43.2 Å². The molecule has 0 aliphatic rings. The van der Waals surface area contributed by atoms with Crippen molar-refractivity contribution in [2.24, 2.45) is 0 Å². The van der Waals surface area contributed by atoms with Crippen molar-refractivity contribution in [1.82, 2.24) is 9.38 Å². The minimum atomic E-state index is 0.692. The first-order valence-corrected chi connectivity index (χ1v) is 6.44. The first kappa shape index (κ1) is 12.1. The number of hydrogen-bond acceptors (Lipinski definition) is 2. The van der Waals surface area contributed by atoms with Gasteiger partial charge in [0.15, 0.2) is 5.65 Å². The summed E-state index contributed by atoms with van der Waals surface area (Å²) in [6.45, 7) is 4.00. The van der Waals surface area contributed by atoms with Crippen LogP contribution in [0.15, 0.2) is 36.7 Å². The number of nitrogens with zero attached hydrogens (tertiary/aromatic N) is 2. The summed E-state index contributed by atoms with van der Waals surface area (Å²) in [6, 6.07) is 7.83. The van der Waals surface area contributed by atoms with Gasteiger partial charge < -0.3 is 10.1 Å². The predicted molar refractivity (Wildman–Crippen MR) is 79.5 cm³/mol. The Labute approximate surface area is 116 Å². The van der Waals surface area contributed by atoms with Crippen molar-refractivity contribution in [2.75, 3.05) is 5.73 Å². The fourth-order valence-corrected chi connectivity index (χ4v) is 2.33. The number of hydrogen-bond donors (Lipinski definition) is 1. The SMILES string of the molecule is Cc1cc(N)c2nc(-c3ccc(Cl)c(C)c3)cn2c1. The third-order valence-electron chi connectivity index (χ3n) is 3.17. The van der Waals surface area contributed by atoms with Crippen molar-refractivity contribution < 1.29 is 0 Å². The molecule has 4 heteroatoms. The highest BCUT2D eigenvalue weighted by atomic mass is 35.5. The van der Waals surface area contributed by atoms with Gasteiger partial charge in [0, 0.05) is 23.0 Å². The summed E-state index contributed by atoms with van der Waals surface area (Å²) in [5, 5.41) is 0.767. The van der Waals surface area contributed by atoms with Gasteiger partial charge in [-0.25, -0.2) is 4.98 Å². The molecule has 3 rings (SSSR count). The van der Waals surface area contributed by atoms with Gasteiger partial charge in [-0.2, -0.15) is 0 Å². The van der Waals surface area contributed by atoms with Crippen molar-refractivity contribution in [2.45, 2.75) is 13.8 Å². The van der Waals surface area contributed by atoms with Crippen LogP contribution in [-0.4, -0.2) is 9.38 Å². The van der Waals surface area contributed by atoms with Crippen molar-refractivity contribution in [3.8, 4) is 11.3 Å². The Balaban J connectivity index is 2.20. The lowest BCUT2D eigenvalue weighted by Crippen LogP contribution is -1.93. The first-order valence-electron chi connectivity index (χ1n) is 6.06. The molecule has 0 bridgehead atoms. The number of rotatable bonds is 1. The Morgan fingerprint density at radius 2 is 1.95 bits per heavy atom. The molecule has 3 aromatic rings. The standard InChI is InChI=1S/C15H14ClN3/c1-9-5-13(17)15-18-14(8-19(15)7-9)11-3-4-12(16)10(2)6-11/h3-8H,17H2,1-2H3. The highest BCUT2D eigenvalue weighted by Gasteiger charge is 2.08. The molecule has 2 heterocycles. The van der Waals surface area contributed by atoms with Gasteiger partial charge in [0.2, 0.25) is 0 Å². The van der Waals surface area contributed by atoms with Crippen LogP contribution in [0.4, 0.5) is 5.69 Å². The lowest BCUT2D eigenvalue weighted by molar-refractivity contribution is 1.16. The summed E-state index contributed by atoms with van der Waals surface area (Å²) in [5.41, 5.74) is 11.6. The normalized spacial score (nSPS) is 11.1. The molecule has 19 heavy (non-hydrogen) atoms. The molecule has 0 aliphatic carbocycles. The molecule has 2 aromatic heterocycles. The van der Waals surface area contributed by atoms with Crippen molar-refractivity contribution in [3.05, 3.63) is 52.8 Å². The van der Waals surface area contributed by atoms with Crippen molar-refractivity contribution in [1.29, 1.82) is 0 Å². The van der Waals surface area contributed by atoms with E-state index in [0.717, 1.165) is 33.1 Å². The van der Waals surface area contributed by atoms with Crippen LogP contribution in [0.1, 0.15) is 11.1 Å². The number of pyridine rings is 1. The van der Waals surface area contributed by atoms with Gasteiger partial charge in [-0.15, -0.1) is 0 Å². The van der Waals surface area contributed by atoms with Crippen LogP contribution >= 0.6 is 11.6 Å². The number of aryl methyl sites for hydroxylation is 2. The molecule has 0 fully saturated rings. The lowest BCUT2D eigenvalue weighted by atomic mass is 10.1. The summed E-state index contributed by atoms with van der Waals surface area (Å²) < 4.78 is 1.96. The van der Waals surface area contributed by atoms with Gasteiger partial charge in [0.1, 0.15) is 0 Å². The molecule has 0 saturated carbocycles. The third kappa shape index (κ3) is 2.06. The maximum atomic E-state index is 6.05. The van der Waals surface area contributed by atoms with Crippen molar-refractivity contribution >= 4 is 22.9 Å². The largest absolute Gasteiger partial charge is 0.396 e. The highest BCUT2D eigenvalue weighted by molar-refractivity contribution is 6.31. The molecule has 96 valence electrons. The molecular weight excluding hydrogens is 258 g/mol. The Bertz CT molecular complexity index is 774. The molecule has 0 atom stereocenters. The van der Waals surface area contributed by atoms with E-state index in [0.29, 0.717) is 5.69 Å². The number of halogens is 1. The third-order valence-corrected chi connectivity index (χ3v) is 3.59. The lowest BCUT2D eigenvalue weighted by Gasteiger charge is -2.00. The maximum absolute atomic E-state index is 6.05. The van der Waals surface area contributed by atoms with Crippen LogP contribution in [0.3, 0.4) is 0 Å². The maximum Gasteiger partial charge on any atom is 0.160 e. The molecule has 0 radical (unpaired) electrons. The number of aromatic nitrogens is 2. The van der Waals surface area contributed by atoms with E-state index >= 15 is 0 Å². The summed E-state index contributed by atoms with van der Waals surface area (Å²) in [7, 11) is 0. The minimum absolute atomic E-state index is 0.692. The highest BCUT2D eigenvalue weighted by Crippen LogP contribution is 2.26. The van der Waals surface area contributed by atoms with Crippen LogP contribution in [0.5, 0.6) is 0 Å². The van der Waals surface area contributed by atoms with Gasteiger partial charge in [-0.3, -0.25) is 0 Å². The zero-order valence-electron chi connectivity index (χ0n) is 10.8. The molecule has 3 nitrogen and oxygen atoms in total. The van der Waals surface area contributed by atoms with Gasteiger partial charge in [0.05, 0.1) is 11.4 Å². The second-order valence-electron chi connectivity index (χ2n) is 4.79. The van der Waals surface area contributed by atoms with E-state index in [1.165, 1.54) is 0 Å². The molecule has 0 aliphatic heterocycles. The van der Waals surface area contributed by atoms with Crippen LogP contribution in [0.2, 0.25) is 5.02 Å². The summed E-state index contributed by atoms with van der Waals surface area (Å²) >= 11 is 6.05. The number of nitrogens with two attached hydrogens (primary N) is 1. The molecule has 1 aromatic carbocycles. The van der Waals surface area contributed by atoms with E-state index in [-0.39, 0.29) is 0 Å². The van der Waals surface area contributed by atoms with Crippen molar-refractivity contribution in [3.63, 3.8) is 0 Å². The minimum Gasteiger partial charge on any atom is -0.396 e. The number of anilines is 1. The topological polar surface area (TPSA) is 43.3 Å². The average Bonchev–Trinajstić information content (AvgIpc) is 2.76. The van der Waals surface area contributed by atoms with Gasteiger partial charge in [0.25, 0.3) is 0 Å². The van der Waals surface area contributed by atoms with Gasteiger partial charge in [-0.1, -0.05) is 17.7 Å². The Hall–Kier alpha value is -2.00. The predicted octanol–water partition coefficient (Wildman–Crippen LogP) is 3.85. The average molecular weight is 272 g/mol. The summed E-state index contributed by atoms with van der Waals surface area (Å²) in [6.07, 6.45) is 4.01. The molecule has 0 unspecified atom stereocenters. The van der Waals surface area contributed by atoms with Crippen LogP contribution in [-0.2, 0) is 0 Å². The number of imidazole rings is 1. The number of nitrogen functional groups attached to an aromatic ring is 1.